The van der Waals surface area contributed by atoms with Gasteiger partial charge in [-0.25, -0.2) is 8.42 Å². The summed E-state index contributed by atoms with van der Waals surface area (Å²) in [5.41, 5.74) is 3.17. The van der Waals surface area contributed by atoms with Gasteiger partial charge in [0.2, 0.25) is 11.8 Å². The summed E-state index contributed by atoms with van der Waals surface area (Å²) in [4.78, 5) is 28.6. The van der Waals surface area contributed by atoms with Crippen molar-refractivity contribution in [3.05, 3.63) is 95.6 Å². The maximum atomic E-state index is 13.9. The van der Waals surface area contributed by atoms with Gasteiger partial charge < -0.3 is 10.2 Å². The van der Waals surface area contributed by atoms with Crippen molar-refractivity contribution >= 4 is 27.5 Å². The summed E-state index contributed by atoms with van der Waals surface area (Å²) in [6.45, 7) is 9.17. The molecule has 0 spiro atoms. The van der Waals surface area contributed by atoms with Crippen molar-refractivity contribution in [2.75, 3.05) is 17.4 Å². The van der Waals surface area contributed by atoms with E-state index in [1.54, 1.807) is 31.2 Å². The molecule has 8 heteroatoms. The number of hydrogen-bond acceptors (Lipinski definition) is 4. The Morgan fingerprint density at radius 3 is 2.10 bits per heavy atom. The number of carbonyl (C=O) groups excluding carboxylic acids is 2. The van der Waals surface area contributed by atoms with E-state index in [0.717, 1.165) is 27.4 Å². The van der Waals surface area contributed by atoms with Gasteiger partial charge in [0.1, 0.15) is 12.6 Å². The third-order valence-electron chi connectivity index (χ3n) is 6.88. The number of rotatable bonds is 12. The van der Waals surface area contributed by atoms with E-state index in [1.165, 1.54) is 17.0 Å². The van der Waals surface area contributed by atoms with E-state index >= 15 is 0 Å². The van der Waals surface area contributed by atoms with Crippen LogP contribution in [0.1, 0.15) is 43.9 Å². The molecule has 1 N–H and O–H groups in total. The molecule has 2 amide bonds. The highest BCUT2D eigenvalue weighted by Gasteiger charge is 2.33. The van der Waals surface area contributed by atoms with Crippen LogP contribution in [0, 0.1) is 13.8 Å². The van der Waals surface area contributed by atoms with Crippen LogP contribution in [0.3, 0.4) is 0 Å². The third kappa shape index (κ3) is 7.69. The normalized spacial score (nSPS) is 12.8. The minimum absolute atomic E-state index is 0.0452. The van der Waals surface area contributed by atoms with E-state index in [1.807, 2.05) is 70.2 Å². The summed E-state index contributed by atoms with van der Waals surface area (Å²) in [6, 6.07) is 22.4. The second kappa shape index (κ2) is 13.4. The van der Waals surface area contributed by atoms with Gasteiger partial charge in [-0.1, -0.05) is 73.2 Å². The number of hydrogen-bond donors (Lipinski definition) is 1. The molecule has 0 aliphatic carbocycles. The number of anilines is 1. The Balaban J connectivity index is 1.99. The van der Waals surface area contributed by atoms with Gasteiger partial charge in [0.25, 0.3) is 10.0 Å². The van der Waals surface area contributed by atoms with Crippen molar-refractivity contribution in [1.29, 1.82) is 0 Å². The molecule has 208 valence electrons. The van der Waals surface area contributed by atoms with Gasteiger partial charge in [0, 0.05) is 12.6 Å². The number of nitrogens with zero attached hydrogens (tertiary/aromatic N) is 2. The van der Waals surface area contributed by atoms with Crippen molar-refractivity contribution in [2.24, 2.45) is 0 Å². The summed E-state index contributed by atoms with van der Waals surface area (Å²) >= 11 is 0. The number of amides is 2. The fraction of sp³-hybridized carbons (Fsp3) is 0.355. The molecular weight excluding hydrogens is 510 g/mol. The topological polar surface area (TPSA) is 86.8 Å². The molecule has 3 aromatic rings. The molecule has 0 fully saturated rings. The maximum Gasteiger partial charge on any atom is 0.264 e. The molecule has 0 unspecified atom stereocenters. The van der Waals surface area contributed by atoms with Gasteiger partial charge in [-0.05, 0) is 69.9 Å². The van der Waals surface area contributed by atoms with Gasteiger partial charge in [0.05, 0.1) is 10.6 Å². The van der Waals surface area contributed by atoms with Gasteiger partial charge in [-0.15, -0.1) is 0 Å². The van der Waals surface area contributed by atoms with Crippen LogP contribution in [0.25, 0.3) is 0 Å². The first kappa shape index (κ1) is 29.9. The van der Waals surface area contributed by atoms with E-state index in [-0.39, 0.29) is 23.4 Å². The molecule has 0 aromatic heterocycles. The number of nitrogens with one attached hydrogen (secondary N) is 1. The molecule has 0 bridgehead atoms. The molecule has 3 aromatic carbocycles. The lowest BCUT2D eigenvalue weighted by Crippen LogP contribution is -2.53. The third-order valence-corrected chi connectivity index (χ3v) is 8.66. The van der Waals surface area contributed by atoms with Crippen LogP contribution < -0.4 is 9.62 Å². The Kier molecular flexibility index (Phi) is 10.3. The average molecular weight is 550 g/mol. The van der Waals surface area contributed by atoms with Crippen molar-refractivity contribution in [3.8, 4) is 0 Å². The first-order valence-electron chi connectivity index (χ1n) is 13.3. The predicted octanol–water partition coefficient (Wildman–Crippen LogP) is 4.87. The predicted molar refractivity (Wildman–Crippen MR) is 156 cm³/mol. The summed E-state index contributed by atoms with van der Waals surface area (Å²) in [5.74, 6) is -0.716. The number of benzene rings is 3. The SMILES string of the molecule is CC[C@@H](C)NC(=O)[C@@H](C)N(CCc1ccccc1)C(=O)CN(c1ccc(C)cc1C)S(=O)(=O)c1ccccc1. The van der Waals surface area contributed by atoms with Crippen LogP contribution in [0.4, 0.5) is 5.69 Å². The highest BCUT2D eigenvalue weighted by molar-refractivity contribution is 7.92. The quantitative estimate of drug-likeness (QED) is 0.349. The van der Waals surface area contributed by atoms with Gasteiger partial charge in [-0.2, -0.15) is 0 Å². The van der Waals surface area contributed by atoms with Gasteiger partial charge in [0.15, 0.2) is 0 Å². The summed E-state index contributed by atoms with van der Waals surface area (Å²) in [5, 5.41) is 2.95. The van der Waals surface area contributed by atoms with Crippen LogP contribution in [0.2, 0.25) is 0 Å². The van der Waals surface area contributed by atoms with Crippen molar-refractivity contribution in [2.45, 2.75) is 64.4 Å². The molecule has 0 aliphatic rings. The minimum Gasteiger partial charge on any atom is -0.352 e. The average Bonchev–Trinajstić information content (AvgIpc) is 2.93. The summed E-state index contributed by atoms with van der Waals surface area (Å²) in [7, 11) is -4.07. The van der Waals surface area contributed by atoms with E-state index in [9.17, 15) is 18.0 Å². The lowest BCUT2D eigenvalue weighted by Gasteiger charge is -2.33. The fourth-order valence-electron chi connectivity index (χ4n) is 4.35. The monoisotopic (exact) mass is 549 g/mol. The molecule has 2 atom stereocenters. The summed E-state index contributed by atoms with van der Waals surface area (Å²) in [6.07, 6.45) is 1.29. The highest BCUT2D eigenvalue weighted by Crippen LogP contribution is 2.28. The maximum absolute atomic E-state index is 13.9. The summed E-state index contributed by atoms with van der Waals surface area (Å²) < 4.78 is 28.9. The zero-order valence-electron chi connectivity index (χ0n) is 23.4. The molecule has 0 saturated heterocycles. The van der Waals surface area contributed by atoms with Crippen LogP contribution in [-0.4, -0.2) is 50.3 Å². The fourth-order valence-corrected chi connectivity index (χ4v) is 5.85. The van der Waals surface area contributed by atoms with Crippen LogP contribution >= 0.6 is 0 Å². The van der Waals surface area contributed by atoms with E-state index < -0.39 is 28.5 Å². The lowest BCUT2D eigenvalue weighted by molar-refractivity contribution is -0.139. The molecular formula is C31H39N3O4S. The zero-order valence-corrected chi connectivity index (χ0v) is 24.2. The first-order chi connectivity index (χ1) is 18.5. The lowest BCUT2D eigenvalue weighted by atomic mass is 10.1. The van der Waals surface area contributed by atoms with Gasteiger partial charge in [-0.3, -0.25) is 13.9 Å². The standard InChI is InChI=1S/C31H39N3O4S/c1-6-25(4)32-31(36)26(5)33(20-19-27-13-9-7-10-14-27)30(35)22-34(29-18-17-23(2)21-24(29)3)39(37,38)28-15-11-8-12-16-28/h7-18,21,25-26H,6,19-20,22H2,1-5H3,(H,32,36)/t25-,26-/m1/s1. The smallest absolute Gasteiger partial charge is 0.264 e. The number of carbonyl (C=O) groups is 2. The Labute approximate surface area is 232 Å². The number of sulfonamides is 1. The van der Waals surface area contributed by atoms with Crippen molar-refractivity contribution in [1.82, 2.24) is 10.2 Å². The molecule has 0 aliphatic heterocycles. The molecule has 3 rings (SSSR count). The van der Waals surface area contributed by atoms with E-state index in [2.05, 4.69) is 5.32 Å². The molecule has 39 heavy (non-hydrogen) atoms. The molecule has 0 saturated carbocycles. The number of aryl methyl sites for hydroxylation is 2. The minimum atomic E-state index is -4.07. The second-order valence-corrected chi connectivity index (χ2v) is 11.8. The molecule has 0 radical (unpaired) electrons. The van der Waals surface area contributed by atoms with Crippen molar-refractivity contribution < 1.29 is 18.0 Å². The Bertz CT molecular complexity index is 1360. The van der Waals surface area contributed by atoms with Crippen LogP contribution in [-0.2, 0) is 26.0 Å². The Morgan fingerprint density at radius 1 is 0.897 bits per heavy atom. The molecule has 7 nitrogen and oxygen atoms in total. The van der Waals surface area contributed by atoms with Crippen LogP contribution in [0.5, 0.6) is 0 Å². The second-order valence-electron chi connectivity index (χ2n) is 9.93. The largest absolute Gasteiger partial charge is 0.352 e. The Morgan fingerprint density at radius 2 is 1.51 bits per heavy atom. The van der Waals surface area contributed by atoms with E-state index in [4.69, 9.17) is 0 Å². The first-order valence-corrected chi connectivity index (χ1v) is 14.8. The van der Waals surface area contributed by atoms with Crippen molar-refractivity contribution in [3.63, 3.8) is 0 Å². The molecule has 0 heterocycles. The zero-order chi connectivity index (χ0) is 28.6. The van der Waals surface area contributed by atoms with Gasteiger partial charge >= 0.3 is 0 Å². The Hall–Kier alpha value is -3.65. The van der Waals surface area contributed by atoms with Crippen LogP contribution in [0.15, 0.2) is 83.8 Å². The highest BCUT2D eigenvalue weighted by atomic mass is 32.2. The van der Waals surface area contributed by atoms with E-state index in [0.29, 0.717) is 12.1 Å².